The average molecular weight is 520 g/mol. The van der Waals surface area contributed by atoms with Crippen molar-refractivity contribution in [3.8, 4) is 5.75 Å². The van der Waals surface area contributed by atoms with Gasteiger partial charge in [-0.3, -0.25) is 4.90 Å². The number of anilines is 1. The minimum Gasteiger partial charge on any atom is -0.492 e. The first-order chi connectivity index (χ1) is 16.6. The van der Waals surface area contributed by atoms with Crippen LogP contribution in [-0.4, -0.2) is 36.0 Å². The molecule has 0 radical (unpaired) electrons. The zero-order chi connectivity index (χ0) is 25.4. The van der Waals surface area contributed by atoms with E-state index < -0.39 is 11.7 Å². The molecule has 0 amide bonds. The molecule has 8 heteroatoms. The van der Waals surface area contributed by atoms with Crippen molar-refractivity contribution in [1.82, 2.24) is 4.90 Å². The van der Waals surface area contributed by atoms with Gasteiger partial charge >= 0.3 is 6.18 Å². The molecule has 0 unspecified atom stereocenters. The van der Waals surface area contributed by atoms with Crippen molar-refractivity contribution in [2.45, 2.75) is 46.0 Å². The minimum absolute atomic E-state index is 0. The lowest BCUT2D eigenvalue weighted by molar-refractivity contribution is -0.137. The molecule has 0 spiro atoms. The molecule has 0 fully saturated rings. The van der Waals surface area contributed by atoms with Crippen molar-refractivity contribution in [3.05, 3.63) is 90.0 Å². The van der Waals surface area contributed by atoms with Gasteiger partial charge in [0.2, 0.25) is 0 Å². The summed E-state index contributed by atoms with van der Waals surface area (Å²) in [5.74, 6) is 1.19. The van der Waals surface area contributed by atoms with Crippen molar-refractivity contribution in [2.75, 3.05) is 18.5 Å². The van der Waals surface area contributed by atoms with Crippen LogP contribution in [0.5, 0.6) is 5.75 Å². The number of rotatable bonds is 9. The van der Waals surface area contributed by atoms with Crippen LogP contribution in [-0.2, 0) is 6.18 Å². The van der Waals surface area contributed by atoms with Gasteiger partial charge in [0.25, 0.3) is 0 Å². The Morgan fingerprint density at radius 2 is 1.53 bits per heavy atom. The van der Waals surface area contributed by atoms with Gasteiger partial charge in [0.15, 0.2) is 0 Å². The maximum atomic E-state index is 13.2. The molecule has 0 aromatic heterocycles. The predicted molar refractivity (Wildman–Crippen MR) is 144 cm³/mol. The molecule has 0 saturated heterocycles. The molecule has 0 aliphatic carbocycles. The Morgan fingerprint density at radius 1 is 0.889 bits per heavy atom. The number of amidine groups is 1. The number of benzene rings is 3. The summed E-state index contributed by atoms with van der Waals surface area (Å²) in [6, 6.07) is 22.6. The van der Waals surface area contributed by atoms with E-state index >= 15 is 0 Å². The fourth-order valence-corrected chi connectivity index (χ4v) is 3.80. The lowest BCUT2D eigenvalue weighted by atomic mass is 10.1. The van der Waals surface area contributed by atoms with Crippen LogP contribution in [0.25, 0.3) is 0 Å². The SMILES string of the molecule is CC(C)N(CCOc1ccc(N=C(Nc2cccc(C(F)(F)F)c2)c2ccccc2)cc1)C(C)C.Cl. The molecule has 0 saturated carbocycles. The Labute approximate surface area is 217 Å². The zero-order valence-corrected chi connectivity index (χ0v) is 21.7. The predicted octanol–water partition coefficient (Wildman–Crippen LogP) is 7.82. The van der Waals surface area contributed by atoms with Crippen molar-refractivity contribution in [2.24, 2.45) is 4.99 Å². The molecule has 194 valence electrons. The highest BCUT2D eigenvalue weighted by atomic mass is 35.5. The van der Waals surface area contributed by atoms with Gasteiger partial charge in [-0.1, -0.05) is 36.4 Å². The minimum atomic E-state index is -4.42. The molecule has 0 bridgehead atoms. The van der Waals surface area contributed by atoms with E-state index in [0.717, 1.165) is 30.0 Å². The molecule has 1 N–H and O–H groups in total. The highest BCUT2D eigenvalue weighted by Gasteiger charge is 2.30. The van der Waals surface area contributed by atoms with E-state index in [1.165, 1.54) is 6.07 Å². The highest BCUT2D eigenvalue weighted by molar-refractivity contribution is 6.09. The lowest BCUT2D eigenvalue weighted by Crippen LogP contribution is -2.39. The highest BCUT2D eigenvalue weighted by Crippen LogP contribution is 2.31. The van der Waals surface area contributed by atoms with E-state index in [9.17, 15) is 13.2 Å². The number of halogens is 4. The van der Waals surface area contributed by atoms with Gasteiger partial charge in [-0.15, -0.1) is 12.4 Å². The number of hydrogen-bond donors (Lipinski definition) is 1. The van der Waals surface area contributed by atoms with E-state index in [0.29, 0.717) is 35.9 Å². The maximum Gasteiger partial charge on any atom is 0.416 e. The molecule has 3 rings (SSSR count). The monoisotopic (exact) mass is 519 g/mol. The summed E-state index contributed by atoms with van der Waals surface area (Å²) in [4.78, 5) is 7.04. The van der Waals surface area contributed by atoms with Gasteiger partial charge in [-0.2, -0.15) is 13.2 Å². The molecule has 3 aromatic rings. The summed E-state index contributed by atoms with van der Waals surface area (Å²) in [6.07, 6.45) is -4.42. The van der Waals surface area contributed by atoms with Gasteiger partial charge in [0.05, 0.1) is 11.3 Å². The van der Waals surface area contributed by atoms with Crippen molar-refractivity contribution >= 4 is 29.6 Å². The summed E-state index contributed by atoms with van der Waals surface area (Å²) in [5, 5.41) is 3.05. The molecule has 0 atom stereocenters. The van der Waals surface area contributed by atoms with Crippen LogP contribution in [0.1, 0.15) is 38.8 Å². The van der Waals surface area contributed by atoms with Crippen LogP contribution in [0, 0.1) is 0 Å². The van der Waals surface area contributed by atoms with Gasteiger partial charge in [0.1, 0.15) is 18.2 Å². The van der Waals surface area contributed by atoms with Crippen molar-refractivity contribution < 1.29 is 17.9 Å². The lowest BCUT2D eigenvalue weighted by Gasteiger charge is -2.30. The summed E-state index contributed by atoms with van der Waals surface area (Å²) in [6.45, 7) is 10.1. The molecular weight excluding hydrogens is 487 g/mol. The summed E-state index contributed by atoms with van der Waals surface area (Å²) >= 11 is 0. The van der Waals surface area contributed by atoms with Crippen LogP contribution in [0.4, 0.5) is 24.5 Å². The second kappa shape index (κ2) is 13.3. The Balaban J connectivity index is 0.00000456. The van der Waals surface area contributed by atoms with Gasteiger partial charge < -0.3 is 10.1 Å². The van der Waals surface area contributed by atoms with Crippen LogP contribution < -0.4 is 10.1 Å². The number of nitrogens with one attached hydrogen (secondary N) is 1. The molecule has 36 heavy (non-hydrogen) atoms. The van der Waals surface area contributed by atoms with Gasteiger partial charge in [-0.05, 0) is 70.2 Å². The summed E-state index contributed by atoms with van der Waals surface area (Å²) in [7, 11) is 0. The van der Waals surface area contributed by atoms with E-state index in [1.54, 1.807) is 6.07 Å². The largest absolute Gasteiger partial charge is 0.492 e. The zero-order valence-electron chi connectivity index (χ0n) is 20.9. The number of nitrogens with zero attached hydrogens (tertiary/aromatic N) is 2. The third-order valence-corrected chi connectivity index (χ3v) is 5.52. The Morgan fingerprint density at radius 3 is 2.11 bits per heavy atom. The van der Waals surface area contributed by atoms with Crippen LogP contribution in [0.15, 0.2) is 83.9 Å². The topological polar surface area (TPSA) is 36.9 Å². The first-order valence-electron chi connectivity index (χ1n) is 11.7. The van der Waals surface area contributed by atoms with Gasteiger partial charge in [0, 0.05) is 29.9 Å². The maximum absolute atomic E-state index is 13.2. The van der Waals surface area contributed by atoms with Crippen molar-refractivity contribution in [3.63, 3.8) is 0 Å². The van der Waals surface area contributed by atoms with Crippen LogP contribution >= 0.6 is 12.4 Å². The van der Waals surface area contributed by atoms with E-state index in [2.05, 4.69) is 42.9 Å². The normalized spacial score (nSPS) is 12.1. The first kappa shape index (κ1) is 29.2. The Kier molecular flexibility index (Phi) is 10.8. The Bertz CT molecular complexity index is 1090. The summed E-state index contributed by atoms with van der Waals surface area (Å²) < 4.78 is 45.4. The molecule has 0 aliphatic rings. The molecule has 4 nitrogen and oxygen atoms in total. The fourth-order valence-electron chi connectivity index (χ4n) is 3.80. The third-order valence-electron chi connectivity index (χ3n) is 5.52. The summed E-state index contributed by atoms with van der Waals surface area (Å²) in [5.41, 5.74) is 1.00. The fraction of sp³-hybridized carbons (Fsp3) is 0.321. The number of ether oxygens (including phenoxy) is 1. The molecular formula is C28H33ClF3N3O. The quantitative estimate of drug-likeness (QED) is 0.231. The van der Waals surface area contributed by atoms with Crippen LogP contribution in [0.3, 0.4) is 0 Å². The van der Waals surface area contributed by atoms with Gasteiger partial charge in [-0.25, -0.2) is 4.99 Å². The molecule has 3 aromatic carbocycles. The van der Waals surface area contributed by atoms with E-state index in [1.807, 2.05) is 54.6 Å². The first-order valence-corrected chi connectivity index (χ1v) is 11.7. The standard InChI is InChI=1S/C28H32F3N3O.ClH/c1-20(2)34(21(3)4)17-18-35-26-15-13-24(14-16-26)32-27(22-9-6-5-7-10-22)33-25-12-8-11-23(19-25)28(29,30)31;/h5-16,19-21H,17-18H2,1-4H3,(H,32,33);1H. The smallest absolute Gasteiger partial charge is 0.416 e. The number of hydrogen-bond acceptors (Lipinski definition) is 3. The van der Waals surface area contributed by atoms with E-state index in [-0.39, 0.29) is 12.4 Å². The molecule has 0 aliphatic heterocycles. The molecule has 0 heterocycles. The second-order valence-corrected chi connectivity index (χ2v) is 8.80. The average Bonchev–Trinajstić information content (AvgIpc) is 2.82. The third kappa shape index (κ3) is 8.57. The van der Waals surface area contributed by atoms with Crippen molar-refractivity contribution in [1.29, 1.82) is 0 Å². The van der Waals surface area contributed by atoms with E-state index in [4.69, 9.17) is 4.74 Å². The number of aliphatic imine (C=N–C) groups is 1. The number of alkyl halides is 3. The Hall–Kier alpha value is -3.03. The second-order valence-electron chi connectivity index (χ2n) is 8.80. The van der Waals surface area contributed by atoms with Crippen LogP contribution in [0.2, 0.25) is 0 Å².